The maximum atomic E-state index is 12.9. The van der Waals surface area contributed by atoms with Crippen LogP contribution in [-0.2, 0) is 0 Å². The van der Waals surface area contributed by atoms with Crippen LogP contribution in [0, 0.1) is 0 Å². The lowest BCUT2D eigenvalue weighted by Gasteiger charge is -2.18. The highest BCUT2D eigenvalue weighted by atomic mass is 16.5. The number of rotatable bonds is 7. The summed E-state index contributed by atoms with van der Waals surface area (Å²) in [6.45, 7) is 8.60. The van der Waals surface area contributed by atoms with Gasteiger partial charge in [-0.15, -0.1) is 0 Å². The van der Waals surface area contributed by atoms with Crippen molar-refractivity contribution >= 4 is 22.6 Å². The molecule has 4 rings (SSSR count). The summed E-state index contributed by atoms with van der Waals surface area (Å²) in [5.74, 6) is 0.325. The van der Waals surface area contributed by atoms with Gasteiger partial charge < -0.3 is 24.5 Å². The number of anilines is 1. The van der Waals surface area contributed by atoms with E-state index in [-0.39, 0.29) is 23.4 Å². The van der Waals surface area contributed by atoms with Crippen LogP contribution in [0.5, 0.6) is 11.5 Å². The van der Waals surface area contributed by atoms with Crippen molar-refractivity contribution in [1.82, 2.24) is 5.32 Å². The molecule has 7 nitrogen and oxygen atoms in total. The van der Waals surface area contributed by atoms with E-state index in [2.05, 4.69) is 10.6 Å². The van der Waals surface area contributed by atoms with Gasteiger partial charge in [0, 0.05) is 17.1 Å². The van der Waals surface area contributed by atoms with Crippen molar-refractivity contribution in [2.45, 2.75) is 58.8 Å². The zero-order chi connectivity index (χ0) is 23.5. The van der Waals surface area contributed by atoms with E-state index < -0.39 is 11.5 Å². The van der Waals surface area contributed by atoms with Gasteiger partial charge in [0.25, 0.3) is 5.91 Å². The number of fused-ring (bicyclic) bond motifs is 1. The van der Waals surface area contributed by atoms with Crippen LogP contribution >= 0.6 is 0 Å². The highest BCUT2D eigenvalue weighted by molar-refractivity contribution is 6.05. The van der Waals surface area contributed by atoms with Crippen LogP contribution in [0.15, 0.2) is 51.7 Å². The van der Waals surface area contributed by atoms with Crippen molar-refractivity contribution in [3.63, 3.8) is 0 Å². The first-order valence-electron chi connectivity index (χ1n) is 11.4. The van der Waals surface area contributed by atoms with Gasteiger partial charge in [0.05, 0.1) is 12.2 Å². The molecule has 0 radical (unpaired) electrons. The SMILES string of the molecule is CC(C)Oc1ccc2cc(C(=O)Nc3ccc([C@H]4CCCN4)cc3)c(=O)oc2c1OC(C)C. The number of carbonyl (C=O) groups excluding carboxylic acids is 1. The van der Waals surface area contributed by atoms with Crippen molar-refractivity contribution in [2.75, 3.05) is 11.9 Å². The number of amides is 1. The fraction of sp³-hybridized carbons (Fsp3) is 0.385. The molecule has 1 saturated heterocycles. The molecule has 0 unspecified atom stereocenters. The van der Waals surface area contributed by atoms with Crippen LogP contribution in [0.25, 0.3) is 11.0 Å². The Morgan fingerprint density at radius 3 is 2.42 bits per heavy atom. The Hall–Kier alpha value is -3.32. The average Bonchev–Trinajstić information content (AvgIpc) is 3.30. The molecule has 7 heteroatoms. The van der Waals surface area contributed by atoms with Gasteiger partial charge >= 0.3 is 5.63 Å². The molecule has 0 bridgehead atoms. The lowest BCUT2D eigenvalue weighted by Crippen LogP contribution is -2.21. The number of hydrogen-bond acceptors (Lipinski definition) is 6. The first-order valence-corrected chi connectivity index (χ1v) is 11.4. The molecule has 0 spiro atoms. The normalized spacial score (nSPS) is 15.9. The van der Waals surface area contributed by atoms with Gasteiger partial charge in [0.15, 0.2) is 11.3 Å². The van der Waals surface area contributed by atoms with Gasteiger partial charge in [-0.25, -0.2) is 4.79 Å². The summed E-state index contributed by atoms with van der Waals surface area (Å²) in [6.07, 6.45) is 2.04. The van der Waals surface area contributed by atoms with E-state index in [0.717, 1.165) is 19.4 Å². The Balaban J connectivity index is 1.61. The Kier molecular flexibility index (Phi) is 6.70. The van der Waals surface area contributed by atoms with E-state index in [1.54, 1.807) is 12.1 Å². The van der Waals surface area contributed by atoms with Crippen LogP contribution in [0.2, 0.25) is 0 Å². The zero-order valence-electron chi connectivity index (χ0n) is 19.4. The summed E-state index contributed by atoms with van der Waals surface area (Å²) in [7, 11) is 0. The summed E-state index contributed by atoms with van der Waals surface area (Å²) in [4.78, 5) is 25.6. The predicted molar refractivity (Wildman–Crippen MR) is 128 cm³/mol. The van der Waals surface area contributed by atoms with E-state index in [0.29, 0.717) is 28.6 Å². The van der Waals surface area contributed by atoms with Gasteiger partial charge in [-0.1, -0.05) is 12.1 Å². The minimum atomic E-state index is -0.734. The monoisotopic (exact) mass is 450 g/mol. The molecule has 33 heavy (non-hydrogen) atoms. The van der Waals surface area contributed by atoms with Crippen molar-refractivity contribution < 1.29 is 18.7 Å². The third kappa shape index (κ3) is 5.20. The molecule has 1 aliphatic rings. The number of carbonyl (C=O) groups is 1. The number of benzene rings is 2. The topological polar surface area (TPSA) is 89.8 Å². The van der Waals surface area contributed by atoms with Crippen LogP contribution in [0.1, 0.15) is 62.5 Å². The van der Waals surface area contributed by atoms with E-state index in [4.69, 9.17) is 13.9 Å². The predicted octanol–water partition coefficient (Wildman–Crippen LogP) is 5.04. The Morgan fingerprint density at radius 2 is 1.79 bits per heavy atom. The van der Waals surface area contributed by atoms with Gasteiger partial charge in [0.2, 0.25) is 5.75 Å². The quantitative estimate of drug-likeness (QED) is 0.490. The summed E-state index contributed by atoms with van der Waals surface area (Å²) in [5.41, 5.74) is 1.26. The van der Waals surface area contributed by atoms with Crippen molar-refractivity contribution in [3.8, 4) is 11.5 Å². The summed E-state index contributed by atoms with van der Waals surface area (Å²) < 4.78 is 17.3. The van der Waals surface area contributed by atoms with Crippen LogP contribution < -0.4 is 25.7 Å². The molecule has 2 N–H and O–H groups in total. The Morgan fingerprint density at radius 1 is 1.06 bits per heavy atom. The molecule has 174 valence electrons. The van der Waals surface area contributed by atoms with Gasteiger partial charge in [-0.3, -0.25) is 4.79 Å². The van der Waals surface area contributed by atoms with E-state index >= 15 is 0 Å². The molecule has 1 aromatic heterocycles. The fourth-order valence-electron chi connectivity index (χ4n) is 3.96. The largest absolute Gasteiger partial charge is 0.487 e. The van der Waals surface area contributed by atoms with E-state index in [1.165, 1.54) is 11.6 Å². The molecule has 3 aromatic rings. The van der Waals surface area contributed by atoms with E-state index in [9.17, 15) is 9.59 Å². The molecule has 1 aliphatic heterocycles. The zero-order valence-corrected chi connectivity index (χ0v) is 19.4. The fourth-order valence-corrected chi connectivity index (χ4v) is 3.96. The minimum Gasteiger partial charge on any atom is -0.487 e. The van der Waals surface area contributed by atoms with Gasteiger partial charge in [0.1, 0.15) is 5.56 Å². The second-order valence-corrected chi connectivity index (χ2v) is 8.82. The molecule has 0 aliphatic carbocycles. The van der Waals surface area contributed by atoms with Gasteiger partial charge in [-0.05, 0) is 83.0 Å². The third-order valence-corrected chi connectivity index (χ3v) is 5.41. The number of nitrogens with one attached hydrogen (secondary N) is 2. The van der Waals surface area contributed by atoms with E-state index in [1.807, 2.05) is 52.0 Å². The highest BCUT2D eigenvalue weighted by Gasteiger charge is 2.21. The maximum Gasteiger partial charge on any atom is 0.349 e. The maximum absolute atomic E-state index is 12.9. The highest BCUT2D eigenvalue weighted by Crippen LogP contribution is 2.37. The summed E-state index contributed by atoms with van der Waals surface area (Å²) in [6, 6.07) is 13.1. The standard InChI is InChI=1S/C26H30N2O5/c1-15(2)31-22-12-9-18-14-20(26(30)33-23(18)24(22)32-16(3)4)25(29)28-19-10-7-17(8-11-19)21-6-5-13-27-21/h7-12,14-16,21,27H,5-6,13H2,1-4H3,(H,28,29)/t21-/m1/s1. The second-order valence-electron chi connectivity index (χ2n) is 8.82. The second kappa shape index (κ2) is 9.67. The first-order chi connectivity index (χ1) is 15.8. The van der Waals surface area contributed by atoms with Gasteiger partial charge in [-0.2, -0.15) is 0 Å². The van der Waals surface area contributed by atoms with Crippen LogP contribution in [-0.4, -0.2) is 24.7 Å². The van der Waals surface area contributed by atoms with Crippen molar-refractivity contribution in [1.29, 1.82) is 0 Å². The first kappa shape index (κ1) is 22.9. The third-order valence-electron chi connectivity index (χ3n) is 5.41. The smallest absolute Gasteiger partial charge is 0.349 e. The molecule has 1 amide bonds. The Labute approximate surface area is 193 Å². The number of ether oxygens (including phenoxy) is 2. The lowest BCUT2D eigenvalue weighted by atomic mass is 10.1. The van der Waals surface area contributed by atoms with Crippen molar-refractivity contribution in [3.05, 3.63) is 64.0 Å². The summed E-state index contributed by atoms with van der Waals surface area (Å²) in [5, 5.41) is 6.82. The Bertz CT molecular complexity index is 1190. The number of hydrogen-bond donors (Lipinski definition) is 2. The minimum absolute atomic E-state index is 0.0722. The molecule has 1 atom stereocenters. The van der Waals surface area contributed by atoms with Crippen LogP contribution in [0.3, 0.4) is 0 Å². The summed E-state index contributed by atoms with van der Waals surface area (Å²) >= 11 is 0. The molecular formula is C26H30N2O5. The average molecular weight is 451 g/mol. The molecular weight excluding hydrogens is 420 g/mol. The molecule has 2 aromatic carbocycles. The molecule has 0 saturated carbocycles. The van der Waals surface area contributed by atoms with Crippen LogP contribution in [0.4, 0.5) is 5.69 Å². The molecule has 2 heterocycles. The lowest BCUT2D eigenvalue weighted by molar-refractivity contribution is 0.102. The molecule has 1 fully saturated rings. The van der Waals surface area contributed by atoms with Crippen molar-refractivity contribution in [2.24, 2.45) is 0 Å².